The number of rotatable bonds is 4. The molecular formula is C40H35N. The minimum absolute atomic E-state index is 0.0270. The summed E-state index contributed by atoms with van der Waals surface area (Å²) in [5.41, 5.74) is 11.4. The van der Waals surface area contributed by atoms with E-state index >= 15 is 0 Å². The first kappa shape index (κ1) is 25.4. The van der Waals surface area contributed by atoms with Crippen LogP contribution in [0.25, 0.3) is 33.0 Å². The SMILES string of the molecule is CC1(C)c2ccc(-c3ccccc3)cc2-c2cc(N(c3ccccc3)c3cccc4ccccc34)ccc2C1(C)C. The van der Waals surface area contributed by atoms with Crippen molar-refractivity contribution in [1.29, 1.82) is 0 Å². The van der Waals surface area contributed by atoms with Crippen molar-refractivity contribution in [2.75, 3.05) is 4.90 Å². The smallest absolute Gasteiger partial charge is 0.0540 e. The van der Waals surface area contributed by atoms with Crippen LogP contribution in [-0.2, 0) is 10.8 Å². The van der Waals surface area contributed by atoms with E-state index in [0.29, 0.717) is 0 Å². The van der Waals surface area contributed by atoms with Crippen LogP contribution >= 0.6 is 0 Å². The summed E-state index contributed by atoms with van der Waals surface area (Å²) in [5, 5.41) is 2.48. The maximum absolute atomic E-state index is 2.43. The summed E-state index contributed by atoms with van der Waals surface area (Å²) < 4.78 is 0. The third kappa shape index (κ3) is 3.99. The quantitative estimate of drug-likeness (QED) is 0.219. The molecule has 0 fully saturated rings. The minimum atomic E-state index is -0.0425. The predicted octanol–water partition coefficient (Wildman–Crippen LogP) is 11.2. The van der Waals surface area contributed by atoms with Crippen molar-refractivity contribution in [3.05, 3.63) is 151 Å². The number of hydrogen-bond donors (Lipinski definition) is 0. The molecule has 0 spiro atoms. The van der Waals surface area contributed by atoms with Gasteiger partial charge in [0.2, 0.25) is 0 Å². The molecule has 0 unspecified atom stereocenters. The normalized spacial score (nSPS) is 14.7. The van der Waals surface area contributed by atoms with E-state index in [9.17, 15) is 0 Å². The van der Waals surface area contributed by atoms with E-state index in [1.54, 1.807) is 0 Å². The molecule has 1 heteroatoms. The number of anilines is 3. The third-order valence-corrected chi connectivity index (χ3v) is 9.61. The van der Waals surface area contributed by atoms with Crippen LogP contribution in [0.3, 0.4) is 0 Å². The maximum Gasteiger partial charge on any atom is 0.0540 e. The molecule has 7 rings (SSSR count). The molecule has 6 aromatic rings. The molecule has 0 heterocycles. The highest BCUT2D eigenvalue weighted by Crippen LogP contribution is 2.55. The Morgan fingerprint density at radius 1 is 0.439 bits per heavy atom. The first-order chi connectivity index (χ1) is 19.9. The first-order valence-corrected chi connectivity index (χ1v) is 14.5. The molecule has 0 saturated heterocycles. The molecule has 0 bridgehead atoms. The summed E-state index contributed by atoms with van der Waals surface area (Å²) >= 11 is 0. The van der Waals surface area contributed by atoms with Gasteiger partial charge >= 0.3 is 0 Å². The summed E-state index contributed by atoms with van der Waals surface area (Å²) in [6.45, 7) is 9.60. The molecule has 200 valence electrons. The topological polar surface area (TPSA) is 3.24 Å². The van der Waals surface area contributed by atoms with Crippen LogP contribution in [0.5, 0.6) is 0 Å². The van der Waals surface area contributed by atoms with E-state index in [4.69, 9.17) is 0 Å². The lowest BCUT2D eigenvalue weighted by molar-refractivity contribution is 0.299. The Hall–Kier alpha value is -4.62. The van der Waals surface area contributed by atoms with Crippen molar-refractivity contribution < 1.29 is 0 Å². The second kappa shape index (κ2) is 9.49. The minimum Gasteiger partial charge on any atom is -0.310 e. The monoisotopic (exact) mass is 529 g/mol. The second-order valence-electron chi connectivity index (χ2n) is 12.3. The summed E-state index contributed by atoms with van der Waals surface area (Å²) in [6.07, 6.45) is 0. The fourth-order valence-corrected chi connectivity index (χ4v) is 6.64. The molecule has 0 N–H and O–H groups in total. The van der Waals surface area contributed by atoms with E-state index in [1.807, 2.05) is 0 Å². The Balaban J connectivity index is 1.49. The molecule has 6 aromatic carbocycles. The van der Waals surface area contributed by atoms with Crippen LogP contribution in [-0.4, -0.2) is 0 Å². The van der Waals surface area contributed by atoms with E-state index in [-0.39, 0.29) is 10.8 Å². The van der Waals surface area contributed by atoms with Crippen LogP contribution in [0.15, 0.2) is 140 Å². The lowest BCUT2D eigenvalue weighted by Crippen LogP contribution is -2.43. The van der Waals surface area contributed by atoms with Gasteiger partial charge in [-0.3, -0.25) is 0 Å². The number of nitrogens with zero attached hydrogens (tertiary/aromatic N) is 1. The zero-order valence-corrected chi connectivity index (χ0v) is 24.2. The van der Waals surface area contributed by atoms with Gasteiger partial charge in [-0.2, -0.15) is 0 Å². The van der Waals surface area contributed by atoms with Gasteiger partial charge in [0.15, 0.2) is 0 Å². The van der Waals surface area contributed by atoms with Crippen LogP contribution in [0, 0.1) is 0 Å². The summed E-state index contributed by atoms with van der Waals surface area (Å²) in [6, 6.07) is 50.9. The number of benzene rings is 6. The molecule has 41 heavy (non-hydrogen) atoms. The molecule has 0 aliphatic heterocycles. The van der Waals surface area contributed by atoms with Gasteiger partial charge in [0.05, 0.1) is 5.69 Å². The van der Waals surface area contributed by atoms with Crippen molar-refractivity contribution in [1.82, 2.24) is 0 Å². The molecule has 1 aliphatic rings. The Labute approximate surface area is 243 Å². The molecule has 0 radical (unpaired) electrons. The number of para-hydroxylation sites is 1. The first-order valence-electron chi connectivity index (χ1n) is 14.5. The fourth-order valence-electron chi connectivity index (χ4n) is 6.64. The van der Waals surface area contributed by atoms with Crippen LogP contribution in [0.1, 0.15) is 38.8 Å². The van der Waals surface area contributed by atoms with Crippen molar-refractivity contribution in [3.8, 4) is 22.3 Å². The summed E-state index contributed by atoms with van der Waals surface area (Å²) in [5.74, 6) is 0. The molecule has 1 nitrogen and oxygen atoms in total. The van der Waals surface area contributed by atoms with Crippen LogP contribution in [0.2, 0.25) is 0 Å². The van der Waals surface area contributed by atoms with Crippen LogP contribution in [0.4, 0.5) is 17.1 Å². The lowest BCUT2D eigenvalue weighted by atomic mass is 9.55. The summed E-state index contributed by atoms with van der Waals surface area (Å²) in [7, 11) is 0. The average Bonchev–Trinajstić information content (AvgIpc) is 3.01. The molecule has 1 aliphatic carbocycles. The summed E-state index contributed by atoms with van der Waals surface area (Å²) in [4.78, 5) is 2.41. The van der Waals surface area contributed by atoms with E-state index in [0.717, 1.165) is 11.4 Å². The Kier molecular flexibility index (Phi) is 5.87. The van der Waals surface area contributed by atoms with Gasteiger partial charge in [-0.1, -0.05) is 131 Å². The predicted molar refractivity (Wildman–Crippen MR) is 176 cm³/mol. The van der Waals surface area contributed by atoms with E-state index in [2.05, 4.69) is 172 Å². The molecule has 0 saturated carbocycles. The van der Waals surface area contributed by atoms with Gasteiger partial charge in [0.25, 0.3) is 0 Å². The standard InChI is InChI=1S/C40H35N/c1-39(2)36-24-22-30(28-14-7-5-8-15-28)26-34(36)35-27-32(23-25-37(35)40(39,3)4)41(31-18-9-6-10-19-31)38-21-13-17-29-16-11-12-20-33(29)38/h5-27H,1-4H3. The van der Waals surface area contributed by atoms with E-state index < -0.39 is 0 Å². The maximum atomic E-state index is 2.43. The molecular weight excluding hydrogens is 494 g/mol. The highest BCUT2D eigenvalue weighted by molar-refractivity contribution is 5.99. The zero-order valence-electron chi connectivity index (χ0n) is 24.2. The van der Waals surface area contributed by atoms with Gasteiger partial charge in [0, 0.05) is 16.8 Å². The number of hydrogen-bond acceptors (Lipinski definition) is 1. The third-order valence-electron chi connectivity index (χ3n) is 9.61. The van der Waals surface area contributed by atoms with Gasteiger partial charge in [0.1, 0.15) is 0 Å². The Bertz CT molecular complexity index is 1870. The van der Waals surface area contributed by atoms with Crippen molar-refractivity contribution in [3.63, 3.8) is 0 Å². The van der Waals surface area contributed by atoms with Gasteiger partial charge in [-0.25, -0.2) is 0 Å². The van der Waals surface area contributed by atoms with Crippen molar-refractivity contribution >= 4 is 27.8 Å². The van der Waals surface area contributed by atoms with Gasteiger partial charge in [-0.05, 0) is 86.0 Å². The zero-order chi connectivity index (χ0) is 28.2. The Morgan fingerprint density at radius 3 is 1.76 bits per heavy atom. The van der Waals surface area contributed by atoms with E-state index in [1.165, 1.54) is 49.8 Å². The average molecular weight is 530 g/mol. The molecule has 0 amide bonds. The fraction of sp³-hybridized carbons (Fsp3) is 0.150. The van der Waals surface area contributed by atoms with Gasteiger partial charge in [-0.15, -0.1) is 0 Å². The van der Waals surface area contributed by atoms with Crippen molar-refractivity contribution in [2.45, 2.75) is 38.5 Å². The van der Waals surface area contributed by atoms with Gasteiger partial charge < -0.3 is 4.90 Å². The largest absolute Gasteiger partial charge is 0.310 e. The van der Waals surface area contributed by atoms with Crippen LogP contribution < -0.4 is 4.90 Å². The lowest BCUT2D eigenvalue weighted by Gasteiger charge is -2.48. The molecule has 0 aromatic heterocycles. The molecule has 0 atom stereocenters. The highest BCUT2D eigenvalue weighted by atomic mass is 15.1. The Morgan fingerprint density at radius 2 is 1.02 bits per heavy atom. The van der Waals surface area contributed by atoms with Crippen molar-refractivity contribution in [2.24, 2.45) is 0 Å². The second-order valence-corrected chi connectivity index (χ2v) is 12.3. The number of fused-ring (bicyclic) bond motifs is 4. The highest BCUT2D eigenvalue weighted by Gasteiger charge is 2.46.